The van der Waals surface area contributed by atoms with Gasteiger partial charge < -0.3 is 15.2 Å². The number of nitrogens with one attached hydrogen (secondary N) is 1. The Hall–Kier alpha value is -4.45. The summed E-state index contributed by atoms with van der Waals surface area (Å²) in [4.78, 5) is 30.3. The summed E-state index contributed by atoms with van der Waals surface area (Å²) in [7, 11) is 0. The summed E-state index contributed by atoms with van der Waals surface area (Å²) in [5.74, 6) is -1.28. The lowest BCUT2D eigenvalue weighted by molar-refractivity contribution is 0.00708. The van der Waals surface area contributed by atoms with Gasteiger partial charge in [0.1, 0.15) is 11.4 Å². The van der Waals surface area contributed by atoms with Gasteiger partial charge in [0.25, 0.3) is 5.91 Å². The van der Waals surface area contributed by atoms with Crippen LogP contribution in [0.1, 0.15) is 41.5 Å². The average Bonchev–Trinajstić information content (AvgIpc) is 2.84. The molecule has 4 aromatic rings. The Labute approximate surface area is 204 Å². The number of ether oxygens (including phenoxy) is 1. The van der Waals surface area contributed by atoms with E-state index in [9.17, 15) is 14.7 Å². The normalized spacial score (nSPS) is 11.1. The maximum atomic E-state index is 13.3. The van der Waals surface area contributed by atoms with Crippen LogP contribution in [0.2, 0.25) is 0 Å². The summed E-state index contributed by atoms with van der Waals surface area (Å²) in [6.45, 7) is 5.34. The van der Waals surface area contributed by atoms with E-state index >= 15 is 0 Å². The summed E-state index contributed by atoms with van der Waals surface area (Å²) >= 11 is 0. The van der Waals surface area contributed by atoms with Crippen LogP contribution in [0.25, 0.3) is 22.3 Å². The van der Waals surface area contributed by atoms with Gasteiger partial charge in [-0.05, 0) is 67.8 Å². The summed E-state index contributed by atoms with van der Waals surface area (Å²) in [6.07, 6.45) is 3.34. The molecule has 4 rings (SSSR count). The molecule has 0 unspecified atom stereocenters. The first kappa shape index (κ1) is 23.7. The fourth-order valence-corrected chi connectivity index (χ4v) is 3.59. The van der Waals surface area contributed by atoms with Crippen LogP contribution >= 0.6 is 0 Å². The van der Waals surface area contributed by atoms with E-state index in [4.69, 9.17) is 4.74 Å². The molecule has 3 aromatic carbocycles. The lowest BCUT2D eigenvalue weighted by Crippen LogP contribution is -2.25. The molecule has 0 aliphatic heterocycles. The Kier molecular flexibility index (Phi) is 6.64. The number of aromatic nitrogens is 1. The Bertz CT molecular complexity index is 1360. The number of benzene rings is 3. The van der Waals surface area contributed by atoms with Crippen molar-refractivity contribution in [3.05, 3.63) is 102 Å². The molecule has 0 spiro atoms. The van der Waals surface area contributed by atoms with E-state index < -0.39 is 17.5 Å². The lowest BCUT2D eigenvalue weighted by atomic mass is 10.0. The standard InChI is InChI=1S/C29H26N2O4/c1-29(2,3)35-28(34)23-13-11-21(19-8-5-4-6-9-19)17-25(23)31-27(33)24-16-20(12-14-26(24)32)22-10-7-15-30-18-22/h4-18,32H,1-3H3,(H,31,33). The number of nitrogens with zero attached hydrogens (tertiary/aromatic N) is 1. The minimum Gasteiger partial charge on any atom is -0.507 e. The van der Waals surface area contributed by atoms with Crippen LogP contribution in [0.5, 0.6) is 5.75 Å². The molecule has 1 amide bonds. The minimum absolute atomic E-state index is 0.0756. The fraction of sp³-hybridized carbons (Fsp3) is 0.138. The predicted octanol–water partition coefficient (Wildman–Crippen LogP) is 6.33. The van der Waals surface area contributed by atoms with Crippen molar-refractivity contribution in [1.82, 2.24) is 4.98 Å². The van der Waals surface area contributed by atoms with Gasteiger partial charge in [-0.15, -0.1) is 0 Å². The van der Waals surface area contributed by atoms with Crippen LogP contribution in [-0.4, -0.2) is 27.6 Å². The van der Waals surface area contributed by atoms with E-state index in [2.05, 4.69) is 10.3 Å². The van der Waals surface area contributed by atoms with Gasteiger partial charge in [-0.1, -0.05) is 48.5 Å². The molecule has 0 atom stereocenters. The Morgan fingerprint density at radius 1 is 0.800 bits per heavy atom. The maximum absolute atomic E-state index is 13.3. The first-order chi connectivity index (χ1) is 16.7. The predicted molar refractivity (Wildman–Crippen MR) is 136 cm³/mol. The Balaban J connectivity index is 1.72. The summed E-state index contributed by atoms with van der Waals surface area (Å²) < 4.78 is 5.55. The van der Waals surface area contributed by atoms with E-state index in [0.29, 0.717) is 0 Å². The van der Waals surface area contributed by atoms with Gasteiger partial charge in [0.2, 0.25) is 0 Å². The first-order valence-corrected chi connectivity index (χ1v) is 11.2. The summed E-state index contributed by atoms with van der Waals surface area (Å²) in [6, 6.07) is 23.2. The van der Waals surface area contributed by atoms with E-state index in [1.165, 1.54) is 6.07 Å². The van der Waals surface area contributed by atoms with Crippen LogP contribution in [-0.2, 0) is 4.74 Å². The zero-order valence-corrected chi connectivity index (χ0v) is 19.8. The number of carbonyl (C=O) groups is 2. The third-order valence-electron chi connectivity index (χ3n) is 5.23. The highest BCUT2D eigenvalue weighted by molar-refractivity contribution is 6.10. The van der Waals surface area contributed by atoms with Gasteiger partial charge in [-0.2, -0.15) is 0 Å². The van der Waals surface area contributed by atoms with Crippen molar-refractivity contribution in [3.8, 4) is 28.0 Å². The van der Waals surface area contributed by atoms with Crippen LogP contribution in [0.4, 0.5) is 5.69 Å². The third-order valence-corrected chi connectivity index (χ3v) is 5.23. The van der Waals surface area contributed by atoms with Crippen molar-refractivity contribution >= 4 is 17.6 Å². The minimum atomic E-state index is -0.702. The second-order valence-electron chi connectivity index (χ2n) is 9.06. The van der Waals surface area contributed by atoms with Crippen molar-refractivity contribution < 1.29 is 19.4 Å². The molecule has 0 bridgehead atoms. The number of esters is 1. The first-order valence-electron chi connectivity index (χ1n) is 11.2. The van der Waals surface area contributed by atoms with Crippen molar-refractivity contribution in [2.45, 2.75) is 26.4 Å². The molecule has 0 saturated carbocycles. The molecule has 0 aliphatic carbocycles. The molecular formula is C29H26N2O4. The zero-order chi connectivity index (χ0) is 25.0. The number of phenols is 1. The smallest absolute Gasteiger partial charge is 0.340 e. The SMILES string of the molecule is CC(C)(C)OC(=O)c1ccc(-c2ccccc2)cc1NC(=O)c1cc(-c2cccnc2)ccc1O. The number of anilines is 1. The number of pyridine rings is 1. The number of hydrogen-bond acceptors (Lipinski definition) is 5. The van der Waals surface area contributed by atoms with Gasteiger partial charge in [0, 0.05) is 18.0 Å². The quantitative estimate of drug-likeness (QED) is 0.336. The van der Waals surface area contributed by atoms with Crippen molar-refractivity contribution in [2.75, 3.05) is 5.32 Å². The molecule has 6 heteroatoms. The molecule has 0 fully saturated rings. The van der Waals surface area contributed by atoms with Gasteiger partial charge in [0.15, 0.2) is 0 Å². The zero-order valence-electron chi connectivity index (χ0n) is 19.8. The van der Waals surface area contributed by atoms with Crippen molar-refractivity contribution in [3.63, 3.8) is 0 Å². The van der Waals surface area contributed by atoms with E-state index in [0.717, 1.165) is 22.3 Å². The van der Waals surface area contributed by atoms with Crippen LogP contribution < -0.4 is 5.32 Å². The maximum Gasteiger partial charge on any atom is 0.340 e. The highest BCUT2D eigenvalue weighted by atomic mass is 16.6. The molecular weight excluding hydrogens is 440 g/mol. The Morgan fingerprint density at radius 2 is 1.49 bits per heavy atom. The molecule has 35 heavy (non-hydrogen) atoms. The largest absolute Gasteiger partial charge is 0.507 e. The molecule has 176 valence electrons. The molecule has 2 N–H and O–H groups in total. The second-order valence-corrected chi connectivity index (χ2v) is 9.06. The van der Waals surface area contributed by atoms with Crippen molar-refractivity contribution in [2.24, 2.45) is 0 Å². The number of hydrogen-bond donors (Lipinski definition) is 2. The average molecular weight is 467 g/mol. The van der Waals surface area contributed by atoms with Gasteiger partial charge >= 0.3 is 5.97 Å². The second kappa shape index (κ2) is 9.81. The highest BCUT2D eigenvalue weighted by Crippen LogP contribution is 2.30. The van der Waals surface area contributed by atoms with Gasteiger partial charge in [-0.25, -0.2) is 4.79 Å². The molecule has 0 aliphatic rings. The molecule has 1 aromatic heterocycles. The molecule has 1 heterocycles. The molecule has 6 nitrogen and oxygen atoms in total. The number of aromatic hydroxyl groups is 1. The van der Waals surface area contributed by atoms with E-state index in [1.54, 1.807) is 63.5 Å². The number of amides is 1. The van der Waals surface area contributed by atoms with Gasteiger partial charge in [0.05, 0.1) is 16.8 Å². The van der Waals surface area contributed by atoms with Crippen molar-refractivity contribution in [1.29, 1.82) is 0 Å². The number of carbonyl (C=O) groups excluding carboxylic acids is 2. The van der Waals surface area contributed by atoms with Crippen LogP contribution in [0, 0.1) is 0 Å². The molecule has 0 radical (unpaired) electrons. The highest BCUT2D eigenvalue weighted by Gasteiger charge is 2.23. The van der Waals surface area contributed by atoms with E-state index in [-0.39, 0.29) is 22.6 Å². The van der Waals surface area contributed by atoms with E-state index in [1.807, 2.05) is 42.5 Å². The third kappa shape index (κ3) is 5.73. The van der Waals surface area contributed by atoms with Crippen LogP contribution in [0.3, 0.4) is 0 Å². The van der Waals surface area contributed by atoms with Gasteiger partial charge in [-0.3, -0.25) is 9.78 Å². The lowest BCUT2D eigenvalue weighted by Gasteiger charge is -2.21. The molecule has 0 saturated heterocycles. The number of phenolic OH excluding ortho intramolecular Hbond substituents is 1. The summed E-state index contributed by atoms with van der Waals surface area (Å²) in [5, 5.41) is 13.2. The summed E-state index contributed by atoms with van der Waals surface area (Å²) in [5.41, 5.74) is 3.17. The number of rotatable bonds is 5. The van der Waals surface area contributed by atoms with Crippen LogP contribution in [0.15, 0.2) is 91.3 Å². The fourth-order valence-electron chi connectivity index (χ4n) is 3.59. The Morgan fingerprint density at radius 3 is 2.17 bits per heavy atom. The topological polar surface area (TPSA) is 88.5 Å². The monoisotopic (exact) mass is 466 g/mol.